The van der Waals surface area contributed by atoms with Crippen LogP contribution < -0.4 is 10.1 Å². The molecule has 2 fully saturated rings. The smallest absolute Gasteiger partial charge is 0.410 e. The Morgan fingerprint density at radius 3 is 2.45 bits per heavy atom. The maximum absolute atomic E-state index is 13.0. The van der Waals surface area contributed by atoms with Gasteiger partial charge in [0, 0.05) is 37.8 Å². The first kappa shape index (κ1) is 23.4. The van der Waals surface area contributed by atoms with Crippen molar-refractivity contribution in [1.29, 1.82) is 0 Å². The van der Waals surface area contributed by atoms with Gasteiger partial charge in [-0.2, -0.15) is 0 Å². The van der Waals surface area contributed by atoms with Crippen LogP contribution in [0.1, 0.15) is 58.4 Å². The third-order valence-corrected chi connectivity index (χ3v) is 5.95. The van der Waals surface area contributed by atoms with E-state index < -0.39 is 11.6 Å². The van der Waals surface area contributed by atoms with E-state index in [2.05, 4.69) is 16.3 Å². The standard InChI is InChI=1S/C24H37N3O4/c1-24(2,3)31-23(29)27-14-8-7-10-20(27)22(28)25-19-12-15-26(16-13-19)17-18-9-5-6-11-21(18)30-4/h5-6,9,11,19-20H,7-8,10,12-17H2,1-4H3,(H,25,28). The Labute approximate surface area is 186 Å². The highest BCUT2D eigenvalue weighted by atomic mass is 16.6. The Morgan fingerprint density at radius 2 is 1.77 bits per heavy atom. The Balaban J connectivity index is 1.51. The van der Waals surface area contributed by atoms with Crippen LogP contribution in [0.5, 0.6) is 5.75 Å². The summed E-state index contributed by atoms with van der Waals surface area (Å²) in [5.41, 5.74) is 0.617. The second-order valence-corrected chi connectivity index (χ2v) is 9.56. The van der Waals surface area contributed by atoms with Crippen molar-refractivity contribution in [1.82, 2.24) is 15.1 Å². The summed E-state index contributed by atoms with van der Waals surface area (Å²) in [5, 5.41) is 3.20. The zero-order chi connectivity index (χ0) is 22.4. The summed E-state index contributed by atoms with van der Waals surface area (Å²) in [5.74, 6) is 0.867. The predicted molar refractivity (Wildman–Crippen MR) is 120 cm³/mol. The molecule has 0 bridgehead atoms. The summed E-state index contributed by atoms with van der Waals surface area (Å²) < 4.78 is 11.0. The van der Waals surface area contributed by atoms with Crippen LogP contribution in [0.3, 0.4) is 0 Å². The summed E-state index contributed by atoms with van der Waals surface area (Å²) in [4.78, 5) is 29.6. The number of nitrogens with zero attached hydrogens (tertiary/aromatic N) is 2. The van der Waals surface area contributed by atoms with Gasteiger partial charge < -0.3 is 14.8 Å². The van der Waals surface area contributed by atoms with Crippen LogP contribution >= 0.6 is 0 Å². The number of hydrogen-bond donors (Lipinski definition) is 1. The Bertz CT molecular complexity index is 753. The van der Waals surface area contributed by atoms with E-state index in [9.17, 15) is 9.59 Å². The number of rotatable bonds is 5. The second-order valence-electron chi connectivity index (χ2n) is 9.56. The van der Waals surface area contributed by atoms with Gasteiger partial charge in [0.1, 0.15) is 17.4 Å². The lowest BCUT2D eigenvalue weighted by atomic mass is 9.99. The molecule has 0 radical (unpaired) electrons. The monoisotopic (exact) mass is 431 g/mol. The van der Waals surface area contributed by atoms with Gasteiger partial charge in [0.25, 0.3) is 0 Å². The fourth-order valence-corrected chi connectivity index (χ4v) is 4.35. The number of hydrogen-bond acceptors (Lipinski definition) is 5. The van der Waals surface area contributed by atoms with Gasteiger partial charge in [-0.3, -0.25) is 14.6 Å². The third-order valence-electron chi connectivity index (χ3n) is 5.95. The molecular formula is C24H37N3O4. The quantitative estimate of drug-likeness (QED) is 0.772. The molecule has 0 aromatic heterocycles. The van der Waals surface area contributed by atoms with Gasteiger partial charge in [-0.05, 0) is 58.9 Å². The van der Waals surface area contributed by atoms with Crippen LogP contribution in [0, 0.1) is 0 Å². The summed E-state index contributed by atoms with van der Waals surface area (Å²) in [6, 6.07) is 7.81. The minimum Gasteiger partial charge on any atom is -0.496 e. The van der Waals surface area contributed by atoms with Gasteiger partial charge in [-0.25, -0.2) is 4.79 Å². The van der Waals surface area contributed by atoms with Crippen LogP contribution in [-0.4, -0.2) is 66.2 Å². The van der Waals surface area contributed by atoms with Crippen molar-refractivity contribution in [3.8, 4) is 5.75 Å². The Kier molecular flexibility index (Phi) is 7.81. The number of carbonyl (C=O) groups excluding carboxylic acids is 2. The first-order chi connectivity index (χ1) is 14.8. The van der Waals surface area contributed by atoms with E-state index in [-0.39, 0.29) is 18.0 Å². The highest BCUT2D eigenvalue weighted by Crippen LogP contribution is 2.23. The highest BCUT2D eigenvalue weighted by molar-refractivity contribution is 5.86. The molecule has 0 aliphatic carbocycles. The van der Waals surface area contributed by atoms with Gasteiger partial charge in [0.15, 0.2) is 0 Å². The average Bonchev–Trinajstić information content (AvgIpc) is 2.74. The van der Waals surface area contributed by atoms with Crippen LogP contribution in [0.4, 0.5) is 4.79 Å². The van der Waals surface area contributed by atoms with E-state index in [1.54, 1.807) is 12.0 Å². The summed E-state index contributed by atoms with van der Waals surface area (Å²) in [7, 11) is 1.70. The molecule has 0 spiro atoms. The molecule has 1 unspecified atom stereocenters. The first-order valence-corrected chi connectivity index (χ1v) is 11.4. The van der Waals surface area contributed by atoms with Gasteiger partial charge in [0.05, 0.1) is 7.11 Å². The third kappa shape index (κ3) is 6.60. The summed E-state index contributed by atoms with van der Waals surface area (Å²) >= 11 is 0. The van der Waals surface area contributed by atoms with Crippen molar-refractivity contribution in [2.75, 3.05) is 26.7 Å². The highest BCUT2D eigenvalue weighted by Gasteiger charge is 2.35. The number of para-hydroxylation sites is 1. The van der Waals surface area contributed by atoms with Crippen LogP contribution in [-0.2, 0) is 16.1 Å². The number of piperidine rings is 2. The zero-order valence-electron chi connectivity index (χ0n) is 19.4. The van der Waals surface area contributed by atoms with Crippen molar-refractivity contribution >= 4 is 12.0 Å². The maximum atomic E-state index is 13.0. The number of benzene rings is 1. The molecule has 1 aromatic rings. The predicted octanol–water partition coefficient (Wildman–Crippen LogP) is 3.57. The molecule has 1 atom stereocenters. The van der Waals surface area contributed by atoms with Crippen molar-refractivity contribution < 1.29 is 19.1 Å². The SMILES string of the molecule is COc1ccccc1CN1CCC(NC(=O)C2CCCCN2C(=O)OC(C)(C)C)CC1. The minimum absolute atomic E-state index is 0.0475. The number of nitrogens with one attached hydrogen (secondary N) is 1. The van der Waals surface area contributed by atoms with Crippen LogP contribution in [0.2, 0.25) is 0 Å². The molecule has 2 amide bonds. The summed E-state index contributed by atoms with van der Waals surface area (Å²) in [6.07, 6.45) is 3.97. The molecule has 2 heterocycles. The molecule has 1 N–H and O–H groups in total. The molecule has 2 aliphatic rings. The molecule has 7 heteroatoms. The lowest BCUT2D eigenvalue weighted by molar-refractivity contribution is -0.128. The van der Waals surface area contributed by atoms with E-state index >= 15 is 0 Å². The normalized spacial score (nSPS) is 20.9. The molecular weight excluding hydrogens is 394 g/mol. The van der Waals surface area contributed by atoms with Gasteiger partial charge in [-0.15, -0.1) is 0 Å². The minimum atomic E-state index is -0.566. The lowest BCUT2D eigenvalue weighted by Crippen LogP contribution is -2.55. The maximum Gasteiger partial charge on any atom is 0.410 e. The van der Waals surface area contributed by atoms with Gasteiger partial charge >= 0.3 is 6.09 Å². The van der Waals surface area contributed by atoms with Crippen molar-refractivity contribution in [2.45, 2.75) is 77.1 Å². The van der Waals surface area contributed by atoms with E-state index in [1.165, 1.54) is 5.56 Å². The lowest BCUT2D eigenvalue weighted by Gasteiger charge is -2.38. The van der Waals surface area contributed by atoms with E-state index in [4.69, 9.17) is 9.47 Å². The molecule has 2 saturated heterocycles. The molecule has 7 nitrogen and oxygen atoms in total. The van der Waals surface area contributed by atoms with E-state index in [0.29, 0.717) is 13.0 Å². The zero-order valence-corrected chi connectivity index (χ0v) is 19.4. The molecule has 0 saturated carbocycles. The van der Waals surface area contributed by atoms with E-state index in [1.807, 2.05) is 39.0 Å². The molecule has 1 aromatic carbocycles. The largest absolute Gasteiger partial charge is 0.496 e. The Morgan fingerprint density at radius 1 is 1.06 bits per heavy atom. The van der Waals surface area contributed by atoms with Gasteiger partial charge in [0.2, 0.25) is 5.91 Å². The van der Waals surface area contributed by atoms with E-state index in [0.717, 1.165) is 51.1 Å². The van der Waals surface area contributed by atoms with Crippen molar-refractivity contribution in [2.24, 2.45) is 0 Å². The number of ether oxygens (including phenoxy) is 2. The topological polar surface area (TPSA) is 71.1 Å². The average molecular weight is 432 g/mol. The fourth-order valence-electron chi connectivity index (χ4n) is 4.35. The number of carbonyl (C=O) groups is 2. The molecule has 172 valence electrons. The van der Waals surface area contributed by atoms with Crippen LogP contribution in [0.15, 0.2) is 24.3 Å². The number of likely N-dealkylation sites (tertiary alicyclic amines) is 2. The summed E-state index contributed by atoms with van der Waals surface area (Å²) in [6.45, 7) is 8.81. The van der Waals surface area contributed by atoms with Crippen LogP contribution in [0.25, 0.3) is 0 Å². The number of amides is 2. The van der Waals surface area contributed by atoms with Crippen molar-refractivity contribution in [3.05, 3.63) is 29.8 Å². The molecule has 3 rings (SSSR count). The number of methoxy groups -OCH3 is 1. The molecule has 31 heavy (non-hydrogen) atoms. The molecule has 2 aliphatic heterocycles. The fraction of sp³-hybridized carbons (Fsp3) is 0.667. The second kappa shape index (κ2) is 10.4. The first-order valence-electron chi connectivity index (χ1n) is 11.4. The van der Waals surface area contributed by atoms with Crippen molar-refractivity contribution in [3.63, 3.8) is 0 Å². The Hall–Kier alpha value is -2.28. The van der Waals surface area contributed by atoms with Gasteiger partial charge in [-0.1, -0.05) is 18.2 Å².